The second kappa shape index (κ2) is 13.5. The lowest BCUT2D eigenvalue weighted by atomic mass is 10.0. The molecule has 0 bridgehead atoms. The summed E-state index contributed by atoms with van der Waals surface area (Å²) in [5.74, 6) is 0.960. The average Bonchev–Trinajstić information content (AvgIpc) is 3.22. The fourth-order valence-electron chi connectivity index (χ4n) is 3.95. The van der Waals surface area contributed by atoms with Gasteiger partial charge in [0, 0.05) is 5.56 Å². The van der Waals surface area contributed by atoms with Crippen LogP contribution in [0.2, 0.25) is 0 Å². The summed E-state index contributed by atoms with van der Waals surface area (Å²) in [6, 6.07) is 15.2. The summed E-state index contributed by atoms with van der Waals surface area (Å²) >= 11 is 1.80. The molecule has 0 radical (unpaired) electrons. The van der Waals surface area contributed by atoms with Gasteiger partial charge in [0.15, 0.2) is 0 Å². The van der Waals surface area contributed by atoms with Gasteiger partial charge in [0.2, 0.25) is 0 Å². The molecule has 2 nitrogen and oxygen atoms in total. The summed E-state index contributed by atoms with van der Waals surface area (Å²) in [6.07, 6.45) is 15.6. The monoisotopic (exact) mass is 437 g/mol. The van der Waals surface area contributed by atoms with Crippen LogP contribution in [0.3, 0.4) is 0 Å². The van der Waals surface area contributed by atoms with E-state index in [1.165, 1.54) is 86.5 Å². The smallest absolute Gasteiger partial charge is 0.124 e. The fraction of sp³-hybridized carbons (Fsp3) is 0.536. The van der Waals surface area contributed by atoms with Gasteiger partial charge in [-0.05, 0) is 61.2 Å². The van der Waals surface area contributed by atoms with E-state index < -0.39 is 0 Å². The normalized spacial score (nSPS) is 11.3. The first-order valence-electron chi connectivity index (χ1n) is 12.4. The zero-order chi connectivity index (χ0) is 21.7. The highest BCUT2D eigenvalue weighted by Crippen LogP contribution is 2.32. The lowest BCUT2D eigenvalue weighted by molar-refractivity contribution is 0.304. The van der Waals surface area contributed by atoms with Crippen LogP contribution in [-0.2, 0) is 6.42 Å². The van der Waals surface area contributed by atoms with Crippen molar-refractivity contribution in [3.63, 3.8) is 0 Å². The zero-order valence-corrected chi connectivity index (χ0v) is 20.3. The summed E-state index contributed by atoms with van der Waals surface area (Å²) < 4.78 is 7.20. The Morgan fingerprint density at radius 3 is 2.16 bits per heavy atom. The van der Waals surface area contributed by atoms with Crippen molar-refractivity contribution in [2.75, 3.05) is 6.61 Å². The number of hydrogen-bond donors (Lipinski definition) is 0. The molecule has 0 spiro atoms. The lowest BCUT2D eigenvalue weighted by Gasteiger charge is -2.06. The Hall–Kier alpha value is -1.87. The van der Waals surface area contributed by atoms with E-state index in [0.717, 1.165) is 29.3 Å². The molecule has 1 heterocycles. The van der Waals surface area contributed by atoms with Crippen molar-refractivity contribution < 1.29 is 4.74 Å². The molecule has 31 heavy (non-hydrogen) atoms. The van der Waals surface area contributed by atoms with Gasteiger partial charge in [0.05, 0.1) is 16.8 Å². The Kier molecular flexibility index (Phi) is 10.4. The van der Waals surface area contributed by atoms with Crippen LogP contribution in [0.25, 0.3) is 20.8 Å². The molecule has 3 heteroatoms. The van der Waals surface area contributed by atoms with Crippen LogP contribution < -0.4 is 4.74 Å². The average molecular weight is 438 g/mol. The Morgan fingerprint density at radius 2 is 1.42 bits per heavy atom. The Balaban J connectivity index is 1.50. The number of aryl methyl sites for hydroxylation is 1. The van der Waals surface area contributed by atoms with E-state index in [0.29, 0.717) is 0 Å². The predicted molar refractivity (Wildman–Crippen MR) is 136 cm³/mol. The summed E-state index contributed by atoms with van der Waals surface area (Å²) in [4.78, 5) is 4.87. The highest BCUT2D eigenvalue weighted by atomic mass is 32.1. The van der Waals surface area contributed by atoms with E-state index in [1.807, 2.05) is 0 Å². The van der Waals surface area contributed by atoms with E-state index in [1.54, 1.807) is 11.3 Å². The number of unbranched alkanes of at least 4 members (excludes halogenated alkanes) is 9. The fourth-order valence-corrected chi connectivity index (χ4v) is 4.98. The molecule has 3 aromatic rings. The summed E-state index contributed by atoms with van der Waals surface area (Å²) in [5, 5.41) is 1.10. The Bertz CT molecular complexity index is 884. The largest absolute Gasteiger partial charge is 0.494 e. The minimum Gasteiger partial charge on any atom is -0.494 e. The van der Waals surface area contributed by atoms with Gasteiger partial charge < -0.3 is 4.74 Å². The van der Waals surface area contributed by atoms with Crippen LogP contribution >= 0.6 is 11.3 Å². The van der Waals surface area contributed by atoms with Crippen molar-refractivity contribution >= 4 is 21.6 Å². The molecule has 0 N–H and O–H groups in total. The maximum atomic E-state index is 5.90. The predicted octanol–water partition coefficient (Wildman–Crippen LogP) is 9.22. The molecule has 168 valence electrons. The topological polar surface area (TPSA) is 22.1 Å². The molecule has 2 aromatic carbocycles. The molecule has 0 aliphatic rings. The number of benzene rings is 2. The molecule has 0 aliphatic heterocycles. The summed E-state index contributed by atoms with van der Waals surface area (Å²) in [5.41, 5.74) is 3.73. The van der Waals surface area contributed by atoms with Crippen LogP contribution in [0.1, 0.15) is 90.0 Å². The number of hydrogen-bond acceptors (Lipinski definition) is 3. The van der Waals surface area contributed by atoms with E-state index in [2.05, 4.69) is 56.3 Å². The molecule has 0 saturated carbocycles. The number of thiazole rings is 1. The number of fused-ring (bicyclic) bond motifs is 1. The molecule has 0 atom stereocenters. The van der Waals surface area contributed by atoms with Gasteiger partial charge in [-0.25, -0.2) is 4.98 Å². The Labute approximate surface area is 193 Å². The van der Waals surface area contributed by atoms with Crippen molar-refractivity contribution in [1.82, 2.24) is 4.98 Å². The van der Waals surface area contributed by atoms with Gasteiger partial charge in [-0.2, -0.15) is 0 Å². The van der Waals surface area contributed by atoms with Gasteiger partial charge in [0.25, 0.3) is 0 Å². The maximum absolute atomic E-state index is 5.90. The molecule has 0 amide bonds. The molecule has 0 aliphatic carbocycles. The summed E-state index contributed by atoms with van der Waals surface area (Å²) in [6.45, 7) is 5.33. The molecule has 0 saturated heterocycles. The first kappa shape index (κ1) is 23.8. The molecule has 0 fully saturated rings. The minimum atomic E-state index is 0.811. The van der Waals surface area contributed by atoms with Gasteiger partial charge in [-0.3, -0.25) is 0 Å². The van der Waals surface area contributed by atoms with Gasteiger partial charge in [-0.15, -0.1) is 11.3 Å². The van der Waals surface area contributed by atoms with E-state index in [-0.39, 0.29) is 0 Å². The van der Waals surface area contributed by atoms with E-state index in [9.17, 15) is 0 Å². The first-order chi connectivity index (χ1) is 15.3. The van der Waals surface area contributed by atoms with Crippen LogP contribution in [0.4, 0.5) is 0 Å². The van der Waals surface area contributed by atoms with E-state index in [4.69, 9.17) is 9.72 Å². The third kappa shape index (κ3) is 7.96. The van der Waals surface area contributed by atoms with Crippen molar-refractivity contribution in [3.8, 4) is 16.3 Å². The standard InChI is InChI=1S/C28H39NOS/c1-3-5-7-9-10-12-14-23-15-20-26-27(22-23)31-28(29-26)24-16-18-25(19-17-24)30-21-13-11-8-6-4-2/h15-20,22H,3-14,21H2,1-2H3. The molecular formula is C28H39NOS. The highest BCUT2D eigenvalue weighted by molar-refractivity contribution is 7.21. The van der Waals surface area contributed by atoms with Crippen LogP contribution in [0.15, 0.2) is 42.5 Å². The van der Waals surface area contributed by atoms with Gasteiger partial charge >= 0.3 is 0 Å². The zero-order valence-electron chi connectivity index (χ0n) is 19.5. The van der Waals surface area contributed by atoms with E-state index >= 15 is 0 Å². The number of rotatable bonds is 15. The molecule has 0 unspecified atom stereocenters. The summed E-state index contributed by atoms with van der Waals surface area (Å²) in [7, 11) is 0. The number of nitrogens with zero attached hydrogens (tertiary/aromatic N) is 1. The second-order valence-corrected chi connectivity index (χ2v) is 9.66. The third-order valence-corrected chi connectivity index (χ3v) is 6.96. The van der Waals surface area contributed by atoms with Crippen LogP contribution in [-0.4, -0.2) is 11.6 Å². The van der Waals surface area contributed by atoms with Crippen LogP contribution in [0, 0.1) is 0 Å². The Morgan fingerprint density at radius 1 is 0.742 bits per heavy atom. The molecular weight excluding hydrogens is 398 g/mol. The van der Waals surface area contributed by atoms with Crippen molar-refractivity contribution in [3.05, 3.63) is 48.0 Å². The SMILES string of the molecule is CCCCCCCCc1ccc2nc(-c3ccc(OCCCCCCC)cc3)sc2c1. The number of ether oxygens (including phenoxy) is 1. The lowest BCUT2D eigenvalue weighted by Crippen LogP contribution is -1.97. The number of aromatic nitrogens is 1. The van der Waals surface area contributed by atoms with Crippen molar-refractivity contribution in [2.45, 2.75) is 90.9 Å². The quantitative estimate of drug-likeness (QED) is 0.221. The van der Waals surface area contributed by atoms with Gasteiger partial charge in [-0.1, -0.05) is 77.7 Å². The highest BCUT2D eigenvalue weighted by Gasteiger charge is 2.08. The minimum absolute atomic E-state index is 0.811. The van der Waals surface area contributed by atoms with Gasteiger partial charge in [0.1, 0.15) is 10.8 Å². The molecule has 3 rings (SSSR count). The second-order valence-electron chi connectivity index (χ2n) is 8.63. The third-order valence-electron chi connectivity index (χ3n) is 5.89. The van der Waals surface area contributed by atoms with Crippen molar-refractivity contribution in [1.29, 1.82) is 0 Å². The molecule has 1 aromatic heterocycles. The maximum Gasteiger partial charge on any atom is 0.124 e. The van der Waals surface area contributed by atoms with Crippen LogP contribution in [0.5, 0.6) is 5.75 Å². The van der Waals surface area contributed by atoms with Crippen molar-refractivity contribution in [2.24, 2.45) is 0 Å². The first-order valence-corrected chi connectivity index (χ1v) is 13.2.